The van der Waals surface area contributed by atoms with E-state index in [2.05, 4.69) is 10.6 Å². The van der Waals surface area contributed by atoms with E-state index < -0.39 is 18.9 Å². The maximum atomic E-state index is 13.7. The number of hydrogen-bond acceptors (Lipinski definition) is 6. The molecule has 2 aliphatic rings. The number of likely N-dealkylation sites (N-methyl/N-ethyl adjacent to an activating group) is 2. The molecule has 0 atom stereocenters. The van der Waals surface area contributed by atoms with Crippen molar-refractivity contribution in [3.63, 3.8) is 0 Å². The van der Waals surface area contributed by atoms with Gasteiger partial charge < -0.3 is 20.4 Å². The van der Waals surface area contributed by atoms with Crippen molar-refractivity contribution in [2.45, 2.75) is 39.9 Å². The van der Waals surface area contributed by atoms with Gasteiger partial charge in [-0.05, 0) is 53.9 Å². The van der Waals surface area contributed by atoms with Crippen LogP contribution in [-0.2, 0) is 29.2 Å². The lowest BCUT2D eigenvalue weighted by atomic mass is 10.0. The number of alkyl halides is 2. The number of benzene rings is 2. The molecular formula is C28H37Cl2F3N6O3. The predicted molar refractivity (Wildman–Crippen MR) is 159 cm³/mol. The quantitative estimate of drug-likeness (QED) is 0.350. The monoisotopic (exact) mass is 632 g/mol. The van der Waals surface area contributed by atoms with Crippen LogP contribution in [0.3, 0.4) is 0 Å². The highest BCUT2D eigenvalue weighted by Gasteiger charge is 2.32. The van der Waals surface area contributed by atoms with Gasteiger partial charge in [0.2, 0.25) is 5.91 Å². The normalized spacial score (nSPS) is 13.8. The van der Waals surface area contributed by atoms with Crippen LogP contribution in [-0.4, -0.2) is 85.4 Å². The Labute approximate surface area is 256 Å². The van der Waals surface area contributed by atoms with E-state index in [-0.39, 0.29) is 67.6 Å². The van der Waals surface area contributed by atoms with Gasteiger partial charge in [-0.25, -0.2) is 18.2 Å². The summed E-state index contributed by atoms with van der Waals surface area (Å²) in [7, 11) is 1.63. The lowest BCUT2D eigenvalue weighted by Gasteiger charge is -2.32. The van der Waals surface area contributed by atoms with E-state index in [9.17, 15) is 27.6 Å². The Morgan fingerprint density at radius 2 is 1.71 bits per heavy atom. The first-order valence-corrected chi connectivity index (χ1v) is 13.3. The molecule has 14 heteroatoms. The second kappa shape index (κ2) is 15.4. The second-order valence-corrected chi connectivity index (χ2v) is 10.1. The topological polar surface area (TPSA) is 88.2 Å². The van der Waals surface area contributed by atoms with Crippen LogP contribution in [0.4, 0.5) is 18.9 Å². The number of aryl methyl sites for hydroxylation is 1. The minimum absolute atomic E-state index is 0. The largest absolute Gasteiger partial charge is 0.353 e. The number of nitrogens with zero attached hydrogens (tertiary/aromatic N) is 4. The molecule has 2 aromatic carbocycles. The number of fused-ring (bicyclic) bond motifs is 2. The average molecular weight is 634 g/mol. The number of hydrogen-bond donors (Lipinski definition) is 2. The number of carbonyl (C=O) groups is 3. The van der Waals surface area contributed by atoms with E-state index in [1.54, 1.807) is 42.1 Å². The van der Waals surface area contributed by atoms with Crippen molar-refractivity contribution < 1.29 is 27.6 Å². The van der Waals surface area contributed by atoms with Gasteiger partial charge >= 0.3 is 0 Å². The van der Waals surface area contributed by atoms with E-state index >= 15 is 0 Å². The maximum Gasteiger partial charge on any atom is 0.256 e. The molecule has 0 bridgehead atoms. The molecule has 0 saturated carbocycles. The van der Waals surface area contributed by atoms with Gasteiger partial charge in [-0.2, -0.15) is 0 Å². The second-order valence-electron chi connectivity index (χ2n) is 10.1. The first-order chi connectivity index (χ1) is 19.1. The van der Waals surface area contributed by atoms with Crippen molar-refractivity contribution in [1.82, 2.24) is 25.6 Å². The standard InChI is InChI=1S/C28H35F3N6O3.2ClH/c1-4-32-7-8-33-26(38)16-35(17-27(39)34(3)37-13-19-5-6-22(29)10-20(19)14-37)24-11-23-21(9-18(24)2)12-36(28(23)40)15-25(30)31;;/h5-6,9-11,25,32H,4,7-8,12-17H2,1-3H3,(H,33,38);2*1H. The molecule has 4 rings (SSSR count). The Morgan fingerprint density at radius 3 is 2.40 bits per heavy atom. The Morgan fingerprint density at radius 1 is 1.00 bits per heavy atom. The summed E-state index contributed by atoms with van der Waals surface area (Å²) in [6.07, 6.45) is -2.65. The molecule has 0 aromatic heterocycles. The summed E-state index contributed by atoms with van der Waals surface area (Å²) in [4.78, 5) is 41.9. The summed E-state index contributed by atoms with van der Waals surface area (Å²) in [5.74, 6) is -1.45. The summed E-state index contributed by atoms with van der Waals surface area (Å²) in [6.45, 7) is 5.43. The zero-order valence-electron chi connectivity index (χ0n) is 23.8. The number of anilines is 1. The van der Waals surface area contributed by atoms with Gasteiger partial charge in [0.1, 0.15) is 5.82 Å². The molecule has 2 aromatic rings. The summed E-state index contributed by atoms with van der Waals surface area (Å²) in [5, 5.41) is 9.21. The molecule has 0 aliphatic carbocycles. The SMILES string of the molecule is CCNCCNC(=O)CN(CC(=O)N(C)N1Cc2ccc(F)cc2C1)c1cc2c(cc1C)CN(CC(F)F)C2=O.Cl.Cl. The lowest BCUT2D eigenvalue weighted by molar-refractivity contribution is -0.145. The first kappa shape index (κ1) is 35.1. The zero-order chi connectivity index (χ0) is 29.0. The molecule has 0 radical (unpaired) electrons. The van der Waals surface area contributed by atoms with E-state index in [0.29, 0.717) is 43.0 Å². The fourth-order valence-electron chi connectivity index (χ4n) is 5.09. The van der Waals surface area contributed by atoms with Gasteiger partial charge in [0, 0.05) is 51.0 Å². The Kier molecular flexibility index (Phi) is 12.9. The molecular weight excluding hydrogens is 596 g/mol. The van der Waals surface area contributed by atoms with Crippen LogP contribution in [0.2, 0.25) is 0 Å². The highest BCUT2D eigenvalue weighted by atomic mass is 35.5. The minimum atomic E-state index is -2.65. The van der Waals surface area contributed by atoms with Crippen LogP contribution in [0.5, 0.6) is 0 Å². The van der Waals surface area contributed by atoms with Crippen LogP contribution in [0.1, 0.15) is 39.5 Å². The highest BCUT2D eigenvalue weighted by molar-refractivity contribution is 6.00. The van der Waals surface area contributed by atoms with Crippen molar-refractivity contribution in [2.75, 3.05) is 51.2 Å². The molecule has 2 heterocycles. The molecule has 2 N–H and O–H groups in total. The number of nitrogens with one attached hydrogen (secondary N) is 2. The van der Waals surface area contributed by atoms with Crippen molar-refractivity contribution in [3.05, 3.63) is 64.0 Å². The Bertz CT molecular complexity index is 1290. The lowest BCUT2D eigenvalue weighted by Crippen LogP contribution is -2.48. The number of hydrazine groups is 1. The molecule has 0 saturated heterocycles. The van der Waals surface area contributed by atoms with Gasteiger partial charge in [-0.1, -0.05) is 19.1 Å². The summed E-state index contributed by atoms with van der Waals surface area (Å²) in [5.41, 5.74) is 3.87. The van der Waals surface area contributed by atoms with Gasteiger partial charge in [-0.3, -0.25) is 19.4 Å². The van der Waals surface area contributed by atoms with Crippen LogP contribution in [0.25, 0.3) is 0 Å². The molecule has 0 spiro atoms. The van der Waals surface area contributed by atoms with Gasteiger partial charge in [0.05, 0.1) is 19.6 Å². The van der Waals surface area contributed by atoms with E-state index in [1.165, 1.54) is 17.1 Å². The maximum absolute atomic E-state index is 13.7. The third-order valence-corrected chi connectivity index (χ3v) is 7.19. The number of halogens is 5. The molecule has 2 aliphatic heterocycles. The molecule has 232 valence electrons. The summed E-state index contributed by atoms with van der Waals surface area (Å²) in [6, 6.07) is 7.90. The zero-order valence-corrected chi connectivity index (χ0v) is 25.4. The third kappa shape index (κ3) is 8.27. The molecule has 9 nitrogen and oxygen atoms in total. The van der Waals surface area contributed by atoms with Crippen molar-refractivity contribution in [1.29, 1.82) is 0 Å². The van der Waals surface area contributed by atoms with Crippen molar-refractivity contribution in [2.24, 2.45) is 0 Å². The number of carbonyl (C=O) groups excluding carboxylic acids is 3. The van der Waals surface area contributed by atoms with Gasteiger partial charge in [0.15, 0.2) is 0 Å². The number of rotatable bonds is 12. The fraction of sp³-hybridized carbons (Fsp3) is 0.464. The van der Waals surface area contributed by atoms with E-state index in [1.807, 2.05) is 6.92 Å². The predicted octanol–water partition coefficient (Wildman–Crippen LogP) is 3.12. The third-order valence-electron chi connectivity index (χ3n) is 7.19. The number of amides is 3. The summed E-state index contributed by atoms with van der Waals surface area (Å²) >= 11 is 0. The smallest absolute Gasteiger partial charge is 0.256 e. The Balaban J connectivity index is 0.00000308. The highest BCUT2D eigenvalue weighted by Crippen LogP contribution is 2.31. The van der Waals surface area contributed by atoms with E-state index in [4.69, 9.17) is 0 Å². The Hall–Kier alpha value is -3.06. The minimum Gasteiger partial charge on any atom is -0.353 e. The van der Waals surface area contributed by atoms with Crippen LogP contribution < -0.4 is 15.5 Å². The fourth-order valence-corrected chi connectivity index (χ4v) is 5.09. The molecule has 3 amide bonds. The molecule has 0 fully saturated rings. The molecule has 0 unspecified atom stereocenters. The summed E-state index contributed by atoms with van der Waals surface area (Å²) < 4.78 is 39.7. The van der Waals surface area contributed by atoms with Crippen molar-refractivity contribution >= 4 is 48.2 Å². The van der Waals surface area contributed by atoms with Gasteiger partial charge in [0.25, 0.3) is 18.2 Å². The van der Waals surface area contributed by atoms with Crippen LogP contribution in [0.15, 0.2) is 30.3 Å². The van der Waals surface area contributed by atoms with Gasteiger partial charge in [-0.15, -0.1) is 24.8 Å². The first-order valence-electron chi connectivity index (χ1n) is 13.3. The van der Waals surface area contributed by atoms with Crippen molar-refractivity contribution in [3.8, 4) is 0 Å². The van der Waals surface area contributed by atoms with Crippen LogP contribution >= 0.6 is 24.8 Å². The van der Waals surface area contributed by atoms with Crippen LogP contribution in [0, 0.1) is 12.7 Å². The van der Waals surface area contributed by atoms with E-state index in [0.717, 1.165) is 22.6 Å². The molecule has 42 heavy (non-hydrogen) atoms. The average Bonchev–Trinajstić information content (AvgIpc) is 3.45.